The van der Waals surface area contributed by atoms with Crippen LogP contribution in [0, 0.1) is 11.3 Å². The molecule has 0 atom stereocenters. The molecule has 0 aliphatic heterocycles. The Labute approximate surface area is 106 Å². The third-order valence-electron chi connectivity index (χ3n) is 2.32. The van der Waals surface area contributed by atoms with Crippen molar-refractivity contribution >= 4 is 0 Å². The van der Waals surface area contributed by atoms with Crippen molar-refractivity contribution in [3.05, 3.63) is 29.8 Å². The number of nitriles is 1. The van der Waals surface area contributed by atoms with Gasteiger partial charge in [0.05, 0.1) is 24.6 Å². The summed E-state index contributed by atoms with van der Waals surface area (Å²) in [7, 11) is 0. The summed E-state index contributed by atoms with van der Waals surface area (Å²) in [5.41, 5.74) is -0.531. The molecule has 1 aromatic carbocycles. The van der Waals surface area contributed by atoms with Crippen molar-refractivity contribution in [2.24, 2.45) is 0 Å². The zero-order chi connectivity index (χ0) is 13.9. The Kier molecular flexibility index (Phi) is 3.46. The van der Waals surface area contributed by atoms with E-state index in [4.69, 9.17) is 5.26 Å². The Morgan fingerprint density at radius 3 is 2.79 bits per heavy atom. The molecule has 0 fully saturated rings. The summed E-state index contributed by atoms with van der Waals surface area (Å²) in [5, 5.41) is 19.7. The van der Waals surface area contributed by atoms with Crippen molar-refractivity contribution in [3.63, 3.8) is 0 Å². The minimum Gasteiger partial charge on any atom is -0.198 e. The molecule has 0 saturated heterocycles. The quantitative estimate of drug-likeness (QED) is 0.855. The van der Waals surface area contributed by atoms with E-state index in [1.165, 1.54) is 16.9 Å². The Morgan fingerprint density at radius 1 is 1.32 bits per heavy atom. The van der Waals surface area contributed by atoms with Crippen LogP contribution in [-0.2, 0) is 12.7 Å². The molecule has 0 spiro atoms. The van der Waals surface area contributed by atoms with Gasteiger partial charge in [-0.15, -0.1) is 10.2 Å². The number of alkyl halides is 3. The van der Waals surface area contributed by atoms with E-state index in [1.807, 2.05) is 6.07 Å². The minimum absolute atomic E-state index is 0.101. The predicted octanol–water partition coefficient (Wildman–Crippen LogP) is 2.27. The lowest BCUT2D eigenvalue weighted by atomic mass is 10.1. The Balaban J connectivity index is 2.27. The smallest absolute Gasteiger partial charge is 0.198 e. The maximum Gasteiger partial charge on any atom is 0.416 e. The summed E-state index contributed by atoms with van der Waals surface area (Å²) in [5.74, 6) is 0.101. The van der Waals surface area contributed by atoms with Crippen LogP contribution >= 0.6 is 0 Å². The van der Waals surface area contributed by atoms with Gasteiger partial charge >= 0.3 is 6.18 Å². The number of tetrazole rings is 1. The largest absolute Gasteiger partial charge is 0.416 e. The number of aryl methyl sites for hydroxylation is 1. The first-order valence-corrected chi connectivity index (χ1v) is 5.33. The van der Waals surface area contributed by atoms with Gasteiger partial charge in [-0.05, 0) is 17.3 Å². The highest BCUT2D eigenvalue weighted by Gasteiger charge is 2.30. The fourth-order valence-corrected chi connectivity index (χ4v) is 1.44. The third-order valence-corrected chi connectivity index (χ3v) is 2.32. The predicted molar refractivity (Wildman–Crippen MR) is 58.5 cm³/mol. The third kappa shape index (κ3) is 3.07. The first kappa shape index (κ1) is 13.0. The maximum absolute atomic E-state index is 12.6. The highest BCUT2D eigenvalue weighted by molar-refractivity contribution is 5.55. The van der Waals surface area contributed by atoms with Crippen LogP contribution in [0.1, 0.15) is 12.0 Å². The molecule has 2 aromatic rings. The van der Waals surface area contributed by atoms with Crippen molar-refractivity contribution in [1.29, 1.82) is 5.26 Å². The average molecular weight is 267 g/mol. The van der Waals surface area contributed by atoms with Gasteiger partial charge in [-0.3, -0.25) is 0 Å². The van der Waals surface area contributed by atoms with E-state index in [1.54, 1.807) is 0 Å². The Morgan fingerprint density at radius 2 is 2.11 bits per heavy atom. The van der Waals surface area contributed by atoms with E-state index in [2.05, 4.69) is 15.4 Å². The fourth-order valence-electron chi connectivity index (χ4n) is 1.44. The van der Waals surface area contributed by atoms with E-state index < -0.39 is 11.7 Å². The SMILES string of the molecule is N#CCCn1nnc(-c2cccc(C(F)(F)F)c2)n1. The average Bonchev–Trinajstić information content (AvgIpc) is 2.84. The van der Waals surface area contributed by atoms with Crippen LogP contribution in [0.15, 0.2) is 24.3 Å². The van der Waals surface area contributed by atoms with Gasteiger partial charge in [0, 0.05) is 5.56 Å². The number of aromatic nitrogens is 4. The van der Waals surface area contributed by atoms with Crippen LogP contribution in [0.3, 0.4) is 0 Å². The van der Waals surface area contributed by atoms with Gasteiger partial charge in [0.2, 0.25) is 5.82 Å². The topological polar surface area (TPSA) is 67.4 Å². The van der Waals surface area contributed by atoms with Crippen LogP contribution in [0.2, 0.25) is 0 Å². The first-order chi connectivity index (χ1) is 9.00. The van der Waals surface area contributed by atoms with E-state index >= 15 is 0 Å². The normalized spacial score (nSPS) is 11.3. The second kappa shape index (κ2) is 5.06. The number of rotatable bonds is 3. The summed E-state index contributed by atoms with van der Waals surface area (Å²) in [6, 6.07) is 6.62. The van der Waals surface area contributed by atoms with E-state index in [9.17, 15) is 13.2 Å². The van der Waals surface area contributed by atoms with Gasteiger partial charge in [-0.1, -0.05) is 12.1 Å². The fraction of sp³-hybridized carbons (Fsp3) is 0.273. The minimum atomic E-state index is -4.41. The molecule has 0 radical (unpaired) electrons. The lowest BCUT2D eigenvalue weighted by Gasteiger charge is -2.06. The molecule has 0 aliphatic rings. The van der Waals surface area contributed by atoms with Crippen molar-refractivity contribution in [2.75, 3.05) is 0 Å². The molecule has 0 unspecified atom stereocenters. The monoisotopic (exact) mass is 267 g/mol. The Hall–Kier alpha value is -2.43. The van der Waals surface area contributed by atoms with Gasteiger partial charge in [-0.25, -0.2) is 0 Å². The molecule has 8 heteroatoms. The molecular formula is C11H8F3N5. The van der Waals surface area contributed by atoms with Crippen molar-refractivity contribution < 1.29 is 13.2 Å². The summed E-state index contributed by atoms with van der Waals surface area (Å²) >= 11 is 0. The van der Waals surface area contributed by atoms with Gasteiger partial charge in [-0.2, -0.15) is 23.2 Å². The molecule has 0 N–H and O–H groups in total. The summed E-state index contributed by atoms with van der Waals surface area (Å²) in [4.78, 5) is 1.18. The molecule has 5 nitrogen and oxygen atoms in total. The molecule has 98 valence electrons. The van der Waals surface area contributed by atoms with Crippen LogP contribution in [0.5, 0.6) is 0 Å². The number of nitrogens with zero attached hydrogens (tertiary/aromatic N) is 5. The Bertz CT molecular complexity index is 611. The number of hydrogen-bond acceptors (Lipinski definition) is 4. The lowest BCUT2D eigenvalue weighted by molar-refractivity contribution is -0.137. The van der Waals surface area contributed by atoms with Crippen LogP contribution in [-0.4, -0.2) is 20.2 Å². The molecule has 0 bridgehead atoms. The molecular weight excluding hydrogens is 259 g/mol. The number of halogens is 3. The summed E-state index contributed by atoms with van der Waals surface area (Å²) in [6.07, 6.45) is -4.20. The summed E-state index contributed by atoms with van der Waals surface area (Å²) < 4.78 is 37.7. The second-order valence-corrected chi connectivity index (χ2v) is 3.70. The first-order valence-electron chi connectivity index (χ1n) is 5.33. The van der Waals surface area contributed by atoms with Crippen LogP contribution in [0.4, 0.5) is 13.2 Å². The van der Waals surface area contributed by atoms with Gasteiger partial charge in [0.25, 0.3) is 0 Å². The molecule has 0 saturated carbocycles. The zero-order valence-electron chi connectivity index (χ0n) is 9.59. The van der Waals surface area contributed by atoms with E-state index in [0.29, 0.717) is 0 Å². The van der Waals surface area contributed by atoms with Crippen molar-refractivity contribution in [3.8, 4) is 17.5 Å². The number of hydrogen-bond donors (Lipinski definition) is 0. The molecule has 1 aromatic heterocycles. The van der Waals surface area contributed by atoms with Gasteiger partial charge < -0.3 is 0 Å². The van der Waals surface area contributed by atoms with Gasteiger partial charge in [0.15, 0.2) is 0 Å². The van der Waals surface area contributed by atoms with Gasteiger partial charge in [0.1, 0.15) is 0 Å². The molecule has 0 aliphatic carbocycles. The molecule has 19 heavy (non-hydrogen) atoms. The molecule has 1 heterocycles. The number of benzene rings is 1. The maximum atomic E-state index is 12.6. The lowest BCUT2D eigenvalue weighted by Crippen LogP contribution is -2.04. The summed E-state index contributed by atoms with van der Waals surface area (Å²) in [6.45, 7) is 0.252. The second-order valence-electron chi connectivity index (χ2n) is 3.70. The van der Waals surface area contributed by atoms with E-state index in [-0.39, 0.29) is 24.4 Å². The van der Waals surface area contributed by atoms with Crippen LogP contribution in [0.25, 0.3) is 11.4 Å². The standard InChI is InChI=1S/C11H8F3N5/c12-11(13,14)9-4-1-3-8(7-9)10-16-18-19(17-10)6-2-5-15/h1,3-4,7H,2,6H2. The highest BCUT2D eigenvalue weighted by atomic mass is 19.4. The zero-order valence-corrected chi connectivity index (χ0v) is 9.59. The van der Waals surface area contributed by atoms with Crippen molar-refractivity contribution in [1.82, 2.24) is 20.2 Å². The highest BCUT2D eigenvalue weighted by Crippen LogP contribution is 2.31. The molecule has 2 rings (SSSR count). The van der Waals surface area contributed by atoms with Crippen LogP contribution < -0.4 is 0 Å². The molecule has 0 amide bonds. The van der Waals surface area contributed by atoms with E-state index in [0.717, 1.165) is 12.1 Å². The van der Waals surface area contributed by atoms with Crippen molar-refractivity contribution in [2.45, 2.75) is 19.1 Å².